The molecule has 1 aliphatic heterocycles. The first kappa shape index (κ1) is 8.73. The standard InChI is InChI=1S/C11H10N2OS/c12-11-13-8(6-15-11)10-5-7-3-1-2-4-9(7)14-10/h1-4,6,10H,5H2,(H2,12,13). The van der Waals surface area contributed by atoms with E-state index in [-0.39, 0.29) is 6.10 Å². The van der Waals surface area contributed by atoms with Gasteiger partial charge in [0.1, 0.15) is 11.9 Å². The highest BCUT2D eigenvalue weighted by Crippen LogP contribution is 2.36. The van der Waals surface area contributed by atoms with Crippen molar-refractivity contribution >= 4 is 16.5 Å². The fraction of sp³-hybridized carbons (Fsp3) is 0.182. The third-order valence-corrected chi connectivity index (χ3v) is 3.21. The van der Waals surface area contributed by atoms with E-state index < -0.39 is 0 Å². The number of nitrogen functional groups attached to an aromatic ring is 1. The van der Waals surface area contributed by atoms with Crippen LogP contribution in [0.5, 0.6) is 5.75 Å². The van der Waals surface area contributed by atoms with Crippen LogP contribution < -0.4 is 10.5 Å². The summed E-state index contributed by atoms with van der Waals surface area (Å²) in [6, 6.07) is 8.09. The summed E-state index contributed by atoms with van der Waals surface area (Å²) in [4.78, 5) is 4.25. The molecule has 2 aromatic rings. The van der Waals surface area contributed by atoms with Gasteiger partial charge >= 0.3 is 0 Å². The third-order valence-electron chi connectivity index (χ3n) is 2.52. The molecule has 0 radical (unpaired) electrons. The van der Waals surface area contributed by atoms with Crippen LogP contribution in [0.2, 0.25) is 0 Å². The molecular weight excluding hydrogens is 208 g/mol. The van der Waals surface area contributed by atoms with Gasteiger partial charge in [-0.3, -0.25) is 0 Å². The van der Waals surface area contributed by atoms with E-state index >= 15 is 0 Å². The fourth-order valence-corrected chi connectivity index (χ4v) is 2.40. The second kappa shape index (κ2) is 3.24. The number of fused-ring (bicyclic) bond motifs is 1. The molecule has 4 heteroatoms. The molecule has 0 bridgehead atoms. The Balaban J connectivity index is 1.90. The zero-order chi connectivity index (χ0) is 10.3. The fourth-order valence-electron chi connectivity index (χ4n) is 1.80. The van der Waals surface area contributed by atoms with Crippen LogP contribution in [0, 0.1) is 0 Å². The number of anilines is 1. The van der Waals surface area contributed by atoms with Crippen molar-refractivity contribution in [2.75, 3.05) is 5.73 Å². The highest BCUT2D eigenvalue weighted by Gasteiger charge is 2.25. The molecular formula is C11H10N2OS. The van der Waals surface area contributed by atoms with Gasteiger partial charge < -0.3 is 10.5 Å². The molecule has 3 rings (SSSR count). The average molecular weight is 218 g/mol. The number of nitrogens with zero attached hydrogens (tertiary/aromatic N) is 1. The summed E-state index contributed by atoms with van der Waals surface area (Å²) in [6.45, 7) is 0. The molecule has 0 spiro atoms. The number of para-hydroxylation sites is 1. The van der Waals surface area contributed by atoms with Crippen LogP contribution in [0.4, 0.5) is 5.13 Å². The van der Waals surface area contributed by atoms with E-state index in [9.17, 15) is 0 Å². The molecule has 0 saturated carbocycles. The summed E-state index contributed by atoms with van der Waals surface area (Å²) >= 11 is 1.46. The van der Waals surface area contributed by atoms with Gasteiger partial charge in [-0.05, 0) is 11.6 Å². The van der Waals surface area contributed by atoms with E-state index in [4.69, 9.17) is 10.5 Å². The van der Waals surface area contributed by atoms with Gasteiger partial charge in [-0.15, -0.1) is 11.3 Å². The topological polar surface area (TPSA) is 48.1 Å². The second-order valence-corrected chi connectivity index (χ2v) is 4.42. The van der Waals surface area contributed by atoms with Crippen molar-refractivity contribution in [2.45, 2.75) is 12.5 Å². The highest BCUT2D eigenvalue weighted by molar-refractivity contribution is 7.13. The number of aromatic nitrogens is 1. The zero-order valence-corrected chi connectivity index (χ0v) is 8.83. The largest absolute Gasteiger partial charge is 0.483 e. The molecule has 1 aliphatic rings. The first-order valence-electron chi connectivity index (χ1n) is 4.78. The van der Waals surface area contributed by atoms with Gasteiger partial charge in [0.2, 0.25) is 0 Å². The van der Waals surface area contributed by atoms with E-state index in [2.05, 4.69) is 11.1 Å². The van der Waals surface area contributed by atoms with Crippen LogP contribution in [0.15, 0.2) is 29.6 Å². The predicted octanol–water partition coefficient (Wildman–Crippen LogP) is 2.40. The number of benzene rings is 1. The molecule has 0 fully saturated rings. The quantitative estimate of drug-likeness (QED) is 0.799. The lowest BCUT2D eigenvalue weighted by molar-refractivity contribution is 0.234. The SMILES string of the molecule is Nc1nc(C2Cc3ccccc3O2)cs1. The van der Waals surface area contributed by atoms with Crippen LogP contribution in [0.3, 0.4) is 0 Å². The van der Waals surface area contributed by atoms with Crippen molar-refractivity contribution in [3.05, 3.63) is 40.9 Å². The van der Waals surface area contributed by atoms with Crippen molar-refractivity contribution in [3.8, 4) is 5.75 Å². The van der Waals surface area contributed by atoms with Crippen LogP contribution in [-0.4, -0.2) is 4.98 Å². The number of rotatable bonds is 1. The molecule has 0 amide bonds. The molecule has 0 saturated heterocycles. The summed E-state index contributed by atoms with van der Waals surface area (Å²) in [5.74, 6) is 0.967. The zero-order valence-electron chi connectivity index (χ0n) is 8.01. The van der Waals surface area contributed by atoms with Crippen molar-refractivity contribution in [2.24, 2.45) is 0 Å². The van der Waals surface area contributed by atoms with Gasteiger partial charge in [-0.2, -0.15) is 0 Å². The van der Waals surface area contributed by atoms with Crippen molar-refractivity contribution in [1.82, 2.24) is 4.98 Å². The molecule has 76 valence electrons. The number of thiazole rings is 1. The van der Waals surface area contributed by atoms with E-state index in [0.29, 0.717) is 5.13 Å². The minimum absolute atomic E-state index is 0.0379. The van der Waals surface area contributed by atoms with Gasteiger partial charge in [0, 0.05) is 11.8 Å². The molecule has 1 aromatic carbocycles. The molecule has 15 heavy (non-hydrogen) atoms. The van der Waals surface area contributed by atoms with Gasteiger partial charge in [0.25, 0.3) is 0 Å². The summed E-state index contributed by atoms with van der Waals surface area (Å²) in [6.07, 6.45) is 0.926. The van der Waals surface area contributed by atoms with Crippen LogP contribution in [0.25, 0.3) is 0 Å². The number of ether oxygens (including phenoxy) is 1. The Kier molecular flexibility index (Phi) is 1.89. The number of hydrogen-bond donors (Lipinski definition) is 1. The van der Waals surface area contributed by atoms with Crippen molar-refractivity contribution in [3.63, 3.8) is 0 Å². The summed E-state index contributed by atoms with van der Waals surface area (Å²) in [5.41, 5.74) is 7.79. The first-order valence-corrected chi connectivity index (χ1v) is 5.66. The third kappa shape index (κ3) is 1.47. The lowest BCUT2D eigenvalue weighted by Gasteiger charge is -2.06. The molecule has 1 aromatic heterocycles. The Morgan fingerprint density at radius 3 is 3.00 bits per heavy atom. The van der Waals surface area contributed by atoms with Crippen molar-refractivity contribution in [1.29, 1.82) is 0 Å². The normalized spacial score (nSPS) is 18.5. The monoisotopic (exact) mass is 218 g/mol. The number of hydrogen-bond acceptors (Lipinski definition) is 4. The van der Waals surface area contributed by atoms with Crippen LogP contribution >= 0.6 is 11.3 Å². The maximum atomic E-state index is 5.79. The van der Waals surface area contributed by atoms with E-state index in [1.807, 2.05) is 23.6 Å². The van der Waals surface area contributed by atoms with Crippen LogP contribution in [0.1, 0.15) is 17.4 Å². The first-order chi connectivity index (χ1) is 7.33. The van der Waals surface area contributed by atoms with E-state index in [0.717, 1.165) is 17.9 Å². The van der Waals surface area contributed by atoms with E-state index in [1.54, 1.807) is 0 Å². The second-order valence-electron chi connectivity index (χ2n) is 3.53. The molecule has 1 unspecified atom stereocenters. The van der Waals surface area contributed by atoms with Crippen molar-refractivity contribution < 1.29 is 4.74 Å². The Bertz CT molecular complexity index is 470. The van der Waals surface area contributed by atoms with Gasteiger partial charge in [-0.25, -0.2) is 4.98 Å². The molecule has 0 aliphatic carbocycles. The smallest absolute Gasteiger partial charge is 0.180 e. The molecule has 2 heterocycles. The van der Waals surface area contributed by atoms with Crippen LogP contribution in [-0.2, 0) is 6.42 Å². The molecule has 1 atom stereocenters. The maximum absolute atomic E-state index is 5.79. The Morgan fingerprint density at radius 1 is 1.40 bits per heavy atom. The summed E-state index contributed by atoms with van der Waals surface area (Å²) in [5, 5.41) is 2.57. The van der Waals surface area contributed by atoms with Gasteiger partial charge in [-0.1, -0.05) is 18.2 Å². The lowest BCUT2D eigenvalue weighted by atomic mass is 10.1. The summed E-state index contributed by atoms with van der Waals surface area (Å²) in [7, 11) is 0. The van der Waals surface area contributed by atoms with Gasteiger partial charge in [0.15, 0.2) is 5.13 Å². The highest BCUT2D eigenvalue weighted by atomic mass is 32.1. The predicted molar refractivity (Wildman–Crippen MR) is 60.0 cm³/mol. The Hall–Kier alpha value is -1.55. The van der Waals surface area contributed by atoms with Gasteiger partial charge in [0.05, 0.1) is 5.69 Å². The molecule has 2 N–H and O–H groups in total. The Labute approximate surface area is 91.5 Å². The number of nitrogens with two attached hydrogens (primary N) is 1. The Morgan fingerprint density at radius 2 is 2.27 bits per heavy atom. The average Bonchev–Trinajstić information content (AvgIpc) is 2.82. The van der Waals surface area contributed by atoms with E-state index in [1.165, 1.54) is 16.9 Å². The maximum Gasteiger partial charge on any atom is 0.180 e. The lowest BCUT2D eigenvalue weighted by Crippen LogP contribution is -2.03. The minimum Gasteiger partial charge on any atom is -0.483 e. The molecule has 3 nitrogen and oxygen atoms in total. The summed E-state index contributed by atoms with van der Waals surface area (Å²) < 4.78 is 5.79. The minimum atomic E-state index is 0.0379.